The van der Waals surface area contributed by atoms with Crippen molar-refractivity contribution in [3.8, 4) is 0 Å². The van der Waals surface area contributed by atoms with Crippen molar-refractivity contribution in [1.82, 2.24) is 0 Å². The predicted molar refractivity (Wildman–Crippen MR) is 101 cm³/mol. The second-order valence-corrected chi connectivity index (χ2v) is 8.29. The topological polar surface area (TPSA) is 8.88 Å². The molecule has 2 heterocycles. The van der Waals surface area contributed by atoms with Gasteiger partial charge in [-0.3, -0.25) is 0 Å². The Hall–Kier alpha value is -1.29. The molecule has 1 fully saturated rings. The molecule has 2 nitrogen and oxygen atoms in total. The lowest BCUT2D eigenvalue weighted by Crippen LogP contribution is -3.27. The summed E-state index contributed by atoms with van der Waals surface area (Å²) < 4.78 is 0. The lowest BCUT2D eigenvalue weighted by Gasteiger charge is -2.35. The summed E-state index contributed by atoms with van der Waals surface area (Å²) >= 11 is 2.06. The molecular formula is C21H28N2S+2. The maximum atomic E-state index is 2.38. The van der Waals surface area contributed by atoms with Crippen LogP contribution in [0.25, 0.3) is 0 Å². The fraction of sp³-hybridized carbons (Fsp3) is 0.429. The summed E-state index contributed by atoms with van der Waals surface area (Å²) in [7, 11) is 0. The molecule has 1 atom stereocenters. The van der Waals surface area contributed by atoms with E-state index in [0.29, 0.717) is 0 Å². The minimum atomic E-state index is 0.717. The van der Waals surface area contributed by atoms with Gasteiger partial charge in [-0.25, -0.2) is 0 Å². The Labute approximate surface area is 149 Å². The molecule has 0 radical (unpaired) electrons. The highest BCUT2D eigenvalue weighted by Gasteiger charge is 2.32. The molecule has 0 aromatic heterocycles. The maximum Gasteiger partial charge on any atom is 0.128 e. The fourth-order valence-electron chi connectivity index (χ4n) is 4.28. The van der Waals surface area contributed by atoms with Crippen LogP contribution in [0.3, 0.4) is 0 Å². The van der Waals surface area contributed by atoms with Crippen LogP contribution in [-0.2, 0) is 6.54 Å². The Morgan fingerprint density at radius 3 is 2.46 bits per heavy atom. The van der Waals surface area contributed by atoms with Crippen molar-refractivity contribution in [3.05, 3.63) is 65.7 Å². The first-order valence-electron chi connectivity index (χ1n) is 9.34. The number of benzene rings is 2. The fourth-order valence-corrected chi connectivity index (χ4v) is 5.37. The van der Waals surface area contributed by atoms with Crippen molar-refractivity contribution in [1.29, 1.82) is 0 Å². The van der Waals surface area contributed by atoms with Crippen LogP contribution < -0.4 is 9.80 Å². The summed E-state index contributed by atoms with van der Waals surface area (Å²) in [6, 6.07) is 20.8. The minimum absolute atomic E-state index is 0.717. The summed E-state index contributed by atoms with van der Waals surface area (Å²) in [5, 5.41) is 0. The predicted octanol–water partition coefficient (Wildman–Crippen LogP) is 1.60. The quantitative estimate of drug-likeness (QED) is 0.863. The Morgan fingerprint density at radius 2 is 1.62 bits per heavy atom. The lowest BCUT2D eigenvalue weighted by molar-refractivity contribution is -1.03. The Balaban J connectivity index is 1.41. The van der Waals surface area contributed by atoms with E-state index in [1.807, 2.05) is 4.90 Å². The SMILES string of the molecule is c1ccc(C[NH+]2CC[NH+]([C@@H]3CCCSc4ccccc43)CC2)cc1. The van der Waals surface area contributed by atoms with E-state index in [2.05, 4.69) is 66.4 Å². The van der Waals surface area contributed by atoms with E-state index in [1.165, 1.54) is 61.8 Å². The van der Waals surface area contributed by atoms with Gasteiger partial charge in [-0.1, -0.05) is 48.5 Å². The van der Waals surface area contributed by atoms with E-state index in [-0.39, 0.29) is 0 Å². The number of fused-ring (bicyclic) bond motifs is 1. The summed E-state index contributed by atoms with van der Waals surface area (Å²) in [6.07, 6.45) is 2.71. The summed E-state index contributed by atoms with van der Waals surface area (Å²) in [5.74, 6) is 1.28. The molecule has 0 bridgehead atoms. The van der Waals surface area contributed by atoms with Crippen molar-refractivity contribution in [2.45, 2.75) is 30.3 Å². The standard InChI is InChI=1S/C21H26N2S/c1-2-7-18(8-3-1)17-22-12-14-23(15-13-22)20-10-6-16-24-21-11-5-4-9-19(20)21/h1-5,7-9,11,20H,6,10,12-17H2/p+2/t20-/m1/s1. The number of hydrogen-bond donors (Lipinski definition) is 2. The number of thioether (sulfide) groups is 1. The molecule has 3 heteroatoms. The van der Waals surface area contributed by atoms with Crippen LogP contribution >= 0.6 is 11.8 Å². The molecule has 0 aliphatic carbocycles. The van der Waals surface area contributed by atoms with Crippen LogP contribution in [0.15, 0.2) is 59.5 Å². The Morgan fingerprint density at radius 1 is 0.875 bits per heavy atom. The van der Waals surface area contributed by atoms with E-state index in [1.54, 1.807) is 10.5 Å². The van der Waals surface area contributed by atoms with Crippen LogP contribution in [0, 0.1) is 0 Å². The zero-order valence-electron chi connectivity index (χ0n) is 14.3. The van der Waals surface area contributed by atoms with Crippen LogP contribution in [-0.4, -0.2) is 31.9 Å². The molecule has 2 aromatic rings. The number of piperazine rings is 1. The third kappa shape index (κ3) is 3.69. The molecule has 2 aliphatic heterocycles. The molecule has 0 spiro atoms. The van der Waals surface area contributed by atoms with Crippen LogP contribution in [0.4, 0.5) is 0 Å². The first-order chi connectivity index (χ1) is 11.9. The van der Waals surface area contributed by atoms with Crippen LogP contribution in [0.5, 0.6) is 0 Å². The van der Waals surface area contributed by atoms with Crippen molar-refractivity contribution < 1.29 is 9.80 Å². The average Bonchev–Trinajstić information content (AvgIpc) is 2.86. The van der Waals surface area contributed by atoms with Gasteiger partial charge in [0.05, 0.1) is 0 Å². The largest absolute Gasteiger partial charge is 0.322 e. The monoisotopic (exact) mass is 340 g/mol. The summed E-state index contributed by atoms with van der Waals surface area (Å²) in [5.41, 5.74) is 3.09. The molecular weight excluding hydrogens is 312 g/mol. The van der Waals surface area contributed by atoms with E-state index in [0.717, 1.165) is 6.04 Å². The van der Waals surface area contributed by atoms with Crippen molar-refractivity contribution in [3.63, 3.8) is 0 Å². The van der Waals surface area contributed by atoms with E-state index >= 15 is 0 Å². The van der Waals surface area contributed by atoms with Crippen molar-refractivity contribution >= 4 is 11.8 Å². The molecule has 2 N–H and O–H groups in total. The molecule has 24 heavy (non-hydrogen) atoms. The summed E-state index contributed by atoms with van der Waals surface area (Å²) in [4.78, 5) is 5.11. The lowest BCUT2D eigenvalue weighted by atomic mass is 9.99. The first kappa shape index (κ1) is 16.2. The smallest absolute Gasteiger partial charge is 0.128 e. The first-order valence-corrected chi connectivity index (χ1v) is 10.3. The Bertz CT molecular complexity index is 650. The number of quaternary nitrogens is 2. The van der Waals surface area contributed by atoms with E-state index in [4.69, 9.17) is 0 Å². The minimum Gasteiger partial charge on any atom is -0.322 e. The van der Waals surface area contributed by atoms with Crippen LogP contribution in [0.1, 0.15) is 30.0 Å². The maximum absolute atomic E-state index is 2.38. The van der Waals surface area contributed by atoms with Crippen molar-refractivity contribution in [2.24, 2.45) is 0 Å². The second kappa shape index (κ2) is 7.73. The molecule has 2 aromatic carbocycles. The van der Waals surface area contributed by atoms with E-state index in [9.17, 15) is 0 Å². The van der Waals surface area contributed by atoms with Gasteiger partial charge < -0.3 is 9.80 Å². The average molecular weight is 341 g/mol. The van der Waals surface area contributed by atoms with Gasteiger partial charge in [0.15, 0.2) is 0 Å². The van der Waals surface area contributed by atoms with Gasteiger partial charge in [0.1, 0.15) is 38.8 Å². The van der Waals surface area contributed by atoms with Crippen LogP contribution in [0.2, 0.25) is 0 Å². The normalized spacial score (nSPS) is 27.2. The zero-order chi connectivity index (χ0) is 16.2. The highest BCUT2D eigenvalue weighted by atomic mass is 32.2. The van der Waals surface area contributed by atoms with Crippen molar-refractivity contribution in [2.75, 3.05) is 31.9 Å². The third-order valence-electron chi connectivity index (χ3n) is 5.58. The highest BCUT2D eigenvalue weighted by Crippen LogP contribution is 2.33. The molecule has 0 unspecified atom stereocenters. The van der Waals surface area contributed by atoms with Gasteiger partial charge >= 0.3 is 0 Å². The molecule has 0 amide bonds. The Kier molecular flexibility index (Phi) is 5.21. The number of rotatable bonds is 3. The molecule has 0 saturated carbocycles. The molecule has 1 saturated heterocycles. The zero-order valence-corrected chi connectivity index (χ0v) is 15.2. The van der Waals surface area contributed by atoms with Gasteiger partial charge in [0.25, 0.3) is 0 Å². The highest BCUT2D eigenvalue weighted by molar-refractivity contribution is 7.99. The van der Waals surface area contributed by atoms with Gasteiger partial charge in [-0.2, -0.15) is 0 Å². The van der Waals surface area contributed by atoms with Gasteiger partial charge in [-0.05, 0) is 18.2 Å². The summed E-state index contributed by atoms with van der Waals surface area (Å²) in [6.45, 7) is 6.41. The van der Waals surface area contributed by atoms with Gasteiger partial charge in [-0.15, -0.1) is 11.8 Å². The number of nitrogens with one attached hydrogen (secondary N) is 2. The second-order valence-electron chi connectivity index (χ2n) is 7.15. The molecule has 4 rings (SSSR count). The molecule has 126 valence electrons. The van der Waals surface area contributed by atoms with E-state index < -0.39 is 0 Å². The molecule has 2 aliphatic rings. The van der Waals surface area contributed by atoms with Gasteiger partial charge in [0.2, 0.25) is 0 Å². The number of hydrogen-bond acceptors (Lipinski definition) is 1. The third-order valence-corrected chi connectivity index (χ3v) is 6.75. The van der Waals surface area contributed by atoms with Gasteiger partial charge in [0, 0.05) is 22.4 Å².